The van der Waals surface area contributed by atoms with Gasteiger partial charge in [-0.25, -0.2) is 18.1 Å². The lowest BCUT2D eigenvalue weighted by atomic mass is 9.71. The first kappa shape index (κ1) is 25.0. The molecule has 0 unspecified atom stereocenters. The molecule has 2 saturated heterocycles. The summed E-state index contributed by atoms with van der Waals surface area (Å²) in [7, 11) is -3.59. The molecule has 2 fully saturated rings. The number of likely N-dealkylation sites (tertiary alicyclic amines) is 1. The van der Waals surface area contributed by atoms with E-state index in [0.717, 1.165) is 43.8 Å². The van der Waals surface area contributed by atoms with E-state index in [-0.39, 0.29) is 11.4 Å². The molecule has 6 rings (SSSR count). The van der Waals surface area contributed by atoms with Gasteiger partial charge in [-0.3, -0.25) is 9.88 Å². The molecule has 9 heteroatoms. The second-order valence-corrected chi connectivity index (χ2v) is 12.4. The Labute approximate surface area is 224 Å². The van der Waals surface area contributed by atoms with Gasteiger partial charge in [-0.05, 0) is 80.1 Å². The topological polar surface area (TPSA) is 94.2 Å². The number of nitrogens with one attached hydrogen (secondary N) is 2. The van der Waals surface area contributed by atoms with Crippen molar-refractivity contribution in [2.75, 3.05) is 31.1 Å². The third-order valence-electron chi connectivity index (χ3n) is 8.29. The van der Waals surface area contributed by atoms with Gasteiger partial charge in [0.2, 0.25) is 10.0 Å². The van der Waals surface area contributed by atoms with Crippen molar-refractivity contribution in [2.45, 2.75) is 43.7 Å². The molecule has 2 N–H and O–H groups in total. The van der Waals surface area contributed by atoms with E-state index in [4.69, 9.17) is 4.98 Å². The van der Waals surface area contributed by atoms with E-state index in [1.54, 1.807) is 30.3 Å². The maximum absolute atomic E-state index is 12.6. The number of hydrogen-bond donors (Lipinski definition) is 2. The fraction of sp³-hybridized carbons (Fsp3) is 0.379. The van der Waals surface area contributed by atoms with Gasteiger partial charge in [0.1, 0.15) is 5.82 Å². The van der Waals surface area contributed by atoms with Gasteiger partial charge in [-0.15, -0.1) is 0 Å². The fourth-order valence-electron chi connectivity index (χ4n) is 5.92. The van der Waals surface area contributed by atoms with Crippen LogP contribution >= 0.6 is 0 Å². The Morgan fingerprint density at radius 2 is 1.58 bits per heavy atom. The lowest BCUT2D eigenvalue weighted by Gasteiger charge is -2.47. The van der Waals surface area contributed by atoms with Crippen molar-refractivity contribution in [1.82, 2.24) is 24.6 Å². The van der Waals surface area contributed by atoms with Crippen molar-refractivity contribution in [3.05, 3.63) is 84.4 Å². The van der Waals surface area contributed by atoms with Crippen LogP contribution in [0.4, 0.5) is 5.69 Å². The molecule has 2 aliphatic rings. The van der Waals surface area contributed by atoms with E-state index < -0.39 is 10.0 Å². The van der Waals surface area contributed by atoms with E-state index in [2.05, 4.69) is 42.7 Å². The van der Waals surface area contributed by atoms with E-state index in [9.17, 15) is 8.42 Å². The van der Waals surface area contributed by atoms with Crippen molar-refractivity contribution < 1.29 is 8.42 Å². The summed E-state index contributed by atoms with van der Waals surface area (Å²) >= 11 is 0. The molecule has 2 aliphatic heterocycles. The number of aromatic nitrogens is 3. The number of hydrogen-bond acceptors (Lipinski definition) is 6. The second-order valence-electron chi connectivity index (χ2n) is 10.6. The van der Waals surface area contributed by atoms with Crippen molar-refractivity contribution >= 4 is 26.7 Å². The van der Waals surface area contributed by atoms with Gasteiger partial charge < -0.3 is 9.88 Å². The highest BCUT2D eigenvalue weighted by atomic mass is 32.2. The highest BCUT2D eigenvalue weighted by Gasteiger charge is 2.37. The van der Waals surface area contributed by atoms with Gasteiger partial charge in [-0.2, -0.15) is 0 Å². The van der Waals surface area contributed by atoms with Crippen molar-refractivity contribution in [1.29, 1.82) is 0 Å². The standard InChI is InChI=1S/C29H34N6O2S/c36-38(37,25-6-2-1-3-7-25)31-21-27-32-26-8-4-5-23(28(26)33-27)22-34-17-11-29(12-18-34)13-19-35(20-14-29)24-9-15-30-16-10-24/h1-10,15-16,31H,11-14,17-22H2,(H,32,33). The van der Waals surface area contributed by atoms with Crippen LogP contribution in [0.25, 0.3) is 11.0 Å². The lowest BCUT2D eigenvalue weighted by Crippen LogP contribution is -2.46. The Morgan fingerprint density at radius 3 is 2.32 bits per heavy atom. The number of rotatable bonds is 7. The van der Waals surface area contributed by atoms with E-state index >= 15 is 0 Å². The zero-order valence-electron chi connectivity index (χ0n) is 21.5. The Kier molecular flexibility index (Phi) is 6.90. The number of piperidine rings is 2. The first-order valence-corrected chi connectivity index (χ1v) is 14.9. The maximum Gasteiger partial charge on any atom is 0.240 e. The minimum absolute atomic E-state index is 0.119. The number of imidazole rings is 1. The minimum Gasteiger partial charge on any atom is -0.371 e. The molecule has 38 heavy (non-hydrogen) atoms. The van der Waals surface area contributed by atoms with Crippen LogP contribution in [0.1, 0.15) is 37.1 Å². The third-order valence-corrected chi connectivity index (χ3v) is 9.71. The molecule has 0 amide bonds. The molecule has 198 valence electrons. The van der Waals surface area contributed by atoms with Crippen LogP contribution in [-0.2, 0) is 23.1 Å². The molecular weight excluding hydrogens is 496 g/mol. The monoisotopic (exact) mass is 530 g/mol. The van der Waals surface area contributed by atoms with Crippen LogP contribution < -0.4 is 9.62 Å². The predicted molar refractivity (Wildman–Crippen MR) is 149 cm³/mol. The SMILES string of the molecule is O=S(=O)(NCc1nc2c(CN3CCC4(CC3)CCN(c3ccncc3)CC4)cccc2[nH]1)c1ccccc1. The van der Waals surface area contributed by atoms with Crippen LogP contribution in [-0.4, -0.2) is 54.4 Å². The average Bonchev–Trinajstić information content (AvgIpc) is 3.39. The summed E-state index contributed by atoms with van der Waals surface area (Å²) in [5, 5.41) is 0. The molecule has 4 heterocycles. The summed E-state index contributed by atoms with van der Waals surface area (Å²) in [6, 6.07) is 18.8. The molecule has 0 bridgehead atoms. The molecule has 0 saturated carbocycles. The summed E-state index contributed by atoms with van der Waals surface area (Å²) in [4.78, 5) is 17.5. The Bertz CT molecular complexity index is 1470. The quantitative estimate of drug-likeness (QED) is 0.370. The number of H-pyrrole nitrogens is 1. The fourth-order valence-corrected chi connectivity index (χ4v) is 6.93. The normalized spacial score (nSPS) is 18.3. The average molecular weight is 531 g/mol. The van der Waals surface area contributed by atoms with Crippen LogP contribution in [0.3, 0.4) is 0 Å². The Balaban J connectivity index is 1.06. The minimum atomic E-state index is -3.59. The number of aromatic amines is 1. The number of sulfonamides is 1. The number of fused-ring (bicyclic) bond motifs is 1. The summed E-state index contributed by atoms with van der Waals surface area (Å²) in [5.74, 6) is 0.616. The molecule has 2 aromatic carbocycles. The van der Waals surface area contributed by atoms with Crippen LogP contribution in [0.5, 0.6) is 0 Å². The highest BCUT2D eigenvalue weighted by Crippen LogP contribution is 2.42. The van der Waals surface area contributed by atoms with Crippen LogP contribution in [0.15, 0.2) is 78.0 Å². The number of pyridine rings is 1. The van der Waals surface area contributed by atoms with Gasteiger partial charge in [0.05, 0.1) is 22.5 Å². The van der Waals surface area contributed by atoms with Crippen LogP contribution in [0, 0.1) is 5.41 Å². The molecule has 0 aliphatic carbocycles. The van der Waals surface area contributed by atoms with Gasteiger partial charge >= 0.3 is 0 Å². The molecule has 0 atom stereocenters. The predicted octanol–water partition coefficient (Wildman–Crippen LogP) is 4.32. The number of anilines is 1. The molecule has 4 aromatic rings. The zero-order chi connectivity index (χ0) is 26.0. The largest absolute Gasteiger partial charge is 0.371 e. The van der Waals surface area contributed by atoms with E-state index in [1.165, 1.54) is 36.9 Å². The Hall–Kier alpha value is -3.27. The van der Waals surface area contributed by atoms with E-state index in [0.29, 0.717) is 11.2 Å². The van der Waals surface area contributed by atoms with Gasteiger partial charge in [0, 0.05) is 37.7 Å². The first-order valence-electron chi connectivity index (χ1n) is 13.4. The lowest BCUT2D eigenvalue weighted by molar-refractivity contribution is 0.0760. The number of para-hydroxylation sites is 1. The highest BCUT2D eigenvalue weighted by molar-refractivity contribution is 7.89. The van der Waals surface area contributed by atoms with Gasteiger partial charge in [-0.1, -0.05) is 30.3 Å². The molecule has 1 spiro atoms. The van der Waals surface area contributed by atoms with Gasteiger partial charge in [0.25, 0.3) is 0 Å². The molecule has 8 nitrogen and oxygen atoms in total. The summed E-state index contributed by atoms with van der Waals surface area (Å²) in [5.41, 5.74) is 4.79. The smallest absolute Gasteiger partial charge is 0.240 e. The summed E-state index contributed by atoms with van der Waals surface area (Å²) in [6.07, 6.45) is 8.73. The number of nitrogens with zero attached hydrogens (tertiary/aromatic N) is 4. The summed E-state index contributed by atoms with van der Waals surface area (Å²) in [6.45, 7) is 5.41. The maximum atomic E-state index is 12.6. The molecule has 2 aromatic heterocycles. The van der Waals surface area contributed by atoms with Gasteiger partial charge in [0.15, 0.2) is 0 Å². The molecule has 0 radical (unpaired) electrons. The van der Waals surface area contributed by atoms with E-state index in [1.807, 2.05) is 24.5 Å². The van der Waals surface area contributed by atoms with Crippen LogP contribution in [0.2, 0.25) is 0 Å². The van der Waals surface area contributed by atoms with Crippen molar-refractivity contribution in [2.24, 2.45) is 5.41 Å². The van der Waals surface area contributed by atoms with Crippen molar-refractivity contribution in [3.63, 3.8) is 0 Å². The van der Waals surface area contributed by atoms with Crippen molar-refractivity contribution in [3.8, 4) is 0 Å². The zero-order valence-corrected chi connectivity index (χ0v) is 22.3. The Morgan fingerprint density at radius 1 is 0.868 bits per heavy atom. The third kappa shape index (κ3) is 5.32. The summed E-state index contributed by atoms with van der Waals surface area (Å²) < 4.78 is 27.9. The second kappa shape index (κ2) is 10.5. The molecular formula is C29H34N6O2S. The number of benzene rings is 2. The first-order chi connectivity index (χ1) is 18.5.